The summed E-state index contributed by atoms with van der Waals surface area (Å²) in [5, 5.41) is 9.81. The molecule has 0 amide bonds. The second-order valence-electron chi connectivity index (χ2n) is 10.7. The molecule has 0 bridgehead atoms. The highest BCUT2D eigenvalue weighted by Crippen LogP contribution is 2.33. The second kappa shape index (κ2) is 11.7. The minimum atomic E-state index is -4.61. The van der Waals surface area contributed by atoms with Gasteiger partial charge in [0.1, 0.15) is 5.52 Å². The van der Waals surface area contributed by atoms with Crippen molar-refractivity contribution in [3.05, 3.63) is 96.4 Å². The number of fused-ring (bicyclic) bond motifs is 3. The lowest BCUT2D eigenvalue weighted by atomic mass is 10.1. The number of anilines is 1. The molecule has 3 heterocycles. The molecule has 0 aliphatic rings. The fourth-order valence-corrected chi connectivity index (χ4v) is 5.28. The van der Waals surface area contributed by atoms with Crippen LogP contribution in [0.1, 0.15) is 25.1 Å². The number of sulfonamides is 1. The van der Waals surface area contributed by atoms with Crippen LogP contribution >= 0.6 is 0 Å². The number of rotatable bonds is 5. The van der Waals surface area contributed by atoms with Crippen molar-refractivity contribution in [3.63, 3.8) is 0 Å². The van der Waals surface area contributed by atoms with Crippen molar-refractivity contribution in [3.8, 4) is 16.9 Å². The number of aryl methyl sites for hydroxylation is 1. The lowest BCUT2D eigenvalue weighted by Gasteiger charge is -2.09. The number of pyridine rings is 1. The number of hydrogen-bond acceptors (Lipinski definition) is 6. The molecular weight excluding hydrogens is 591 g/mol. The lowest BCUT2D eigenvalue weighted by Crippen LogP contribution is -2.12. The predicted molar refractivity (Wildman–Crippen MR) is 164 cm³/mol. The molecule has 0 saturated carbocycles. The number of imidazole rings is 1. The third kappa shape index (κ3) is 6.43. The van der Waals surface area contributed by atoms with Crippen molar-refractivity contribution in [1.82, 2.24) is 24.3 Å². The summed E-state index contributed by atoms with van der Waals surface area (Å²) in [5.74, 6) is 1.07. The Kier molecular flexibility index (Phi) is 8.19. The summed E-state index contributed by atoms with van der Waals surface area (Å²) in [6, 6.07) is 21.1. The molecule has 0 atom stereocenters. The molecule has 9 nitrogen and oxygen atoms in total. The van der Waals surface area contributed by atoms with E-state index in [-0.39, 0.29) is 16.3 Å². The van der Waals surface area contributed by atoms with Gasteiger partial charge in [-0.05, 0) is 49.2 Å². The third-order valence-corrected chi connectivity index (χ3v) is 7.73. The van der Waals surface area contributed by atoms with Gasteiger partial charge in [0.2, 0.25) is 10.0 Å². The molecule has 0 fully saturated rings. The summed E-state index contributed by atoms with van der Waals surface area (Å²) in [4.78, 5) is 8.66. The van der Waals surface area contributed by atoms with E-state index in [0.717, 1.165) is 44.8 Å². The van der Waals surface area contributed by atoms with Crippen LogP contribution in [0.5, 0.6) is 0 Å². The Morgan fingerprint density at radius 2 is 1.61 bits per heavy atom. The van der Waals surface area contributed by atoms with Crippen LogP contribution in [0.25, 0.3) is 38.9 Å². The summed E-state index contributed by atoms with van der Waals surface area (Å²) in [7, 11) is -3.90. The first kappa shape index (κ1) is 30.7. The van der Waals surface area contributed by atoms with Crippen LogP contribution in [-0.2, 0) is 22.7 Å². The van der Waals surface area contributed by atoms with E-state index >= 15 is 0 Å². The van der Waals surface area contributed by atoms with Crippen LogP contribution < -0.4 is 10.9 Å². The van der Waals surface area contributed by atoms with Crippen LogP contribution in [0.2, 0.25) is 0 Å². The Morgan fingerprint density at radius 3 is 2.23 bits per heavy atom. The lowest BCUT2D eigenvalue weighted by molar-refractivity contribution is -0.141. The number of para-hydroxylation sites is 1. The number of hydrogen-bond donors (Lipinski definition) is 2. The Bertz CT molecular complexity index is 2050. The molecule has 0 unspecified atom stereocenters. The molecule has 4 N–H and O–H groups in total. The number of nitrogen functional groups attached to an aromatic ring is 1. The summed E-state index contributed by atoms with van der Waals surface area (Å²) in [6.45, 7) is 7.19. The molecule has 0 spiro atoms. The topological polar surface area (TPSA) is 135 Å². The second-order valence-corrected chi connectivity index (χ2v) is 12.3. The molecule has 44 heavy (non-hydrogen) atoms. The van der Waals surface area contributed by atoms with E-state index < -0.39 is 21.9 Å². The zero-order valence-electron chi connectivity index (χ0n) is 24.1. The van der Waals surface area contributed by atoms with E-state index in [1.807, 2.05) is 31.5 Å². The molecule has 228 valence electrons. The van der Waals surface area contributed by atoms with E-state index in [2.05, 4.69) is 39.5 Å². The minimum absolute atomic E-state index is 0.138. The molecule has 6 rings (SSSR count). The average Bonchev–Trinajstić information content (AvgIpc) is 3.59. The van der Waals surface area contributed by atoms with Gasteiger partial charge in [0, 0.05) is 17.5 Å². The zero-order valence-corrected chi connectivity index (χ0v) is 24.9. The van der Waals surface area contributed by atoms with E-state index in [0.29, 0.717) is 17.3 Å². The number of halogens is 3. The van der Waals surface area contributed by atoms with E-state index in [4.69, 9.17) is 10.9 Å². The number of aromatic nitrogens is 5. The summed E-state index contributed by atoms with van der Waals surface area (Å²) in [5.41, 5.74) is 9.79. The largest absolute Gasteiger partial charge is 0.435 e. The highest BCUT2D eigenvalue weighted by molar-refractivity contribution is 7.89. The fourth-order valence-electron chi connectivity index (χ4n) is 4.76. The molecule has 0 aliphatic carbocycles. The molecule has 0 radical (unpaired) electrons. The SMILES string of the molecule is CC(C)Cn1cnc2c(N)nc3ccccc3c21.Cc1ccc(-c2cc(C(F)(F)F)nn2-c2ccc(S(N)(=O)=O)cc2)cc1. The van der Waals surface area contributed by atoms with Crippen molar-refractivity contribution < 1.29 is 21.6 Å². The van der Waals surface area contributed by atoms with Gasteiger partial charge < -0.3 is 10.3 Å². The monoisotopic (exact) mass is 621 g/mol. The van der Waals surface area contributed by atoms with Crippen molar-refractivity contribution >= 4 is 37.8 Å². The summed E-state index contributed by atoms with van der Waals surface area (Å²) in [6.07, 6.45) is -2.75. The third-order valence-electron chi connectivity index (χ3n) is 6.80. The molecular formula is C31H30F3N7O2S. The average molecular weight is 622 g/mol. The Balaban J connectivity index is 0.000000186. The van der Waals surface area contributed by atoms with Crippen molar-refractivity contribution in [2.45, 2.75) is 38.4 Å². The van der Waals surface area contributed by atoms with Gasteiger partial charge in [-0.25, -0.2) is 28.2 Å². The van der Waals surface area contributed by atoms with Crippen molar-refractivity contribution in [2.75, 3.05) is 5.73 Å². The first-order valence-electron chi connectivity index (χ1n) is 13.6. The number of nitrogens with zero attached hydrogens (tertiary/aromatic N) is 5. The minimum Gasteiger partial charge on any atom is -0.382 e. The first-order valence-corrected chi connectivity index (χ1v) is 15.1. The molecule has 13 heteroatoms. The van der Waals surface area contributed by atoms with Gasteiger partial charge in [-0.3, -0.25) is 0 Å². The zero-order chi connectivity index (χ0) is 31.8. The van der Waals surface area contributed by atoms with Gasteiger partial charge in [-0.1, -0.05) is 61.9 Å². The van der Waals surface area contributed by atoms with Crippen LogP contribution in [0, 0.1) is 12.8 Å². The van der Waals surface area contributed by atoms with E-state index in [9.17, 15) is 21.6 Å². The van der Waals surface area contributed by atoms with Crippen LogP contribution in [0.3, 0.4) is 0 Å². The fraction of sp³-hybridized carbons (Fsp3) is 0.194. The van der Waals surface area contributed by atoms with Gasteiger partial charge in [-0.15, -0.1) is 0 Å². The van der Waals surface area contributed by atoms with Gasteiger partial charge in [0.05, 0.1) is 33.6 Å². The Labute approximate surface area is 252 Å². The molecule has 3 aromatic carbocycles. The maximum atomic E-state index is 13.1. The highest BCUT2D eigenvalue weighted by Gasteiger charge is 2.35. The maximum absolute atomic E-state index is 13.1. The molecule has 3 aromatic heterocycles. The van der Waals surface area contributed by atoms with Crippen molar-refractivity contribution in [1.29, 1.82) is 0 Å². The van der Waals surface area contributed by atoms with Crippen molar-refractivity contribution in [2.24, 2.45) is 11.1 Å². The van der Waals surface area contributed by atoms with Crippen LogP contribution in [0.15, 0.2) is 90.1 Å². The number of nitrogens with two attached hydrogens (primary N) is 2. The quantitative estimate of drug-likeness (QED) is 0.231. The molecule has 6 aromatic rings. The Morgan fingerprint density at radius 1 is 0.955 bits per heavy atom. The maximum Gasteiger partial charge on any atom is 0.435 e. The summed E-state index contributed by atoms with van der Waals surface area (Å²) < 4.78 is 65.4. The molecule has 0 saturated heterocycles. The van der Waals surface area contributed by atoms with Gasteiger partial charge in [0.25, 0.3) is 0 Å². The van der Waals surface area contributed by atoms with E-state index in [1.165, 1.54) is 24.3 Å². The summed E-state index contributed by atoms with van der Waals surface area (Å²) >= 11 is 0. The van der Waals surface area contributed by atoms with Gasteiger partial charge >= 0.3 is 6.18 Å². The number of alkyl halides is 3. The van der Waals surface area contributed by atoms with Gasteiger partial charge in [-0.2, -0.15) is 18.3 Å². The highest BCUT2D eigenvalue weighted by atomic mass is 32.2. The van der Waals surface area contributed by atoms with Gasteiger partial charge in [0.15, 0.2) is 11.5 Å². The first-order chi connectivity index (χ1) is 20.7. The van der Waals surface area contributed by atoms with Crippen LogP contribution in [-0.4, -0.2) is 32.7 Å². The smallest absolute Gasteiger partial charge is 0.382 e. The Hall–Kier alpha value is -4.75. The standard InChI is InChI=1S/C17H14F3N3O2S.C14H16N4/c1-11-2-4-12(5-3-11)15-10-16(17(18,19)20)22-23(15)13-6-8-14(9-7-13)26(21,24)25;1-9(2)7-18-8-16-12-13(18)10-5-3-4-6-11(10)17-14(12)15/h2-10H,1H3,(H2,21,24,25);3-6,8-9H,7H2,1-2H3,(H2,15,17). The normalized spacial score (nSPS) is 12.1. The number of primary sulfonamides is 1. The predicted octanol–water partition coefficient (Wildman–Crippen LogP) is 6.34. The number of benzene rings is 3. The molecule has 0 aliphatic heterocycles. The van der Waals surface area contributed by atoms with Crippen LogP contribution in [0.4, 0.5) is 19.0 Å². The van der Waals surface area contributed by atoms with E-state index in [1.54, 1.807) is 24.3 Å².